The highest BCUT2D eigenvalue weighted by atomic mass is 15.1. The Kier molecular flexibility index (Phi) is 10.6. The van der Waals surface area contributed by atoms with Crippen molar-refractivity contribution in [1.82, 2.24) is 9.55 Å². The van der Waals surface area contributed by atoms with Gasteiger partial charge in [-0.15, -0.1) is 6.42 Å². The molecule has 1 aromatic heterocycles. The number of terminal acetylenes is 1. The van der Waals surface area contributed by atoms with Crippen molar-refractivity contribution in [3.8, 4) is 62.8 Å². The predicted molar refractivity (Wildman–Crippen MR) is 266 cm³/mol. The van der Waals surface area contributed by atoms with E-state index in [2.05, 4.69) is 223 Å². The first-order valence-corrected chi connectivity index (χ1v) is 21.2. The number of imidazole rings is 1. The second kappa shape index (κ2) is 17.3. The zero-order chi connectivity index (χ0) is 42.5. The van der Waals surface area contributed by atoms with Crippen molar-refractivity contribution in [2.75, 3.05) is 4.90 Å². The molecule has 0 radical (unpaired) electrons. The average Bonchev–Trinajstić information content (AvgIpc) is 3.76. The van der Waals surface area contributed by atoms with Crippen LogP contribution in [0.3, 0.4) is 0 Å². The molecular weight excluding hydrogens is 763 g/mol. The first kappa shape index (κ1) is 38.7. The van der Waals surface area contributed by atoms with Crippen LogP contribution in [0.25, 0.3) is 77.8 Å². The van der Waals surface area contributed by atoms with E-state index in [0.29, 0.717) is 0 Å². The van der Waals surface area contributed by atoms with Crippen LogP contribution in [-0.4, -0.2) is 9.55 Å². The number of para-hydroxylation sites is 4. The van der Waals surface area contributed by atoms with Gasteiger partial charge in [0.15, 0.2) is 0 Å². The Balaban J connectivity index is 0.840. The van der Waals surface area contributed by atoms with Gasteiger partial charge in [0.25, 0.3) is 0 Å². The van der Waals surface area contributed by atoms with Crippen LogP contribution in [-0.2, 0) is 0 Å². The number of benzene rings is 9. The van der Waals surface area contributed by atoms with E-state index >= 15 is 0 Å². The topological polar surface area (TPSA) is 21.1 Å². The molecule has 0 atom stereocenters. The van der Waals surface area contributed by atoms with Gasteiger partial charge in [0.2, 0.25) is 0 Å². The van der Waals surface area contributed by atoms with Crippen molar-refractivity contribution in [2.45, 2.75) is 6.92 Å². The molecule has 10 aromatic rings. The van der Waals surface area contributed by atoms with Crippen LogP contribution < -0.4 is 4.90 Å². The van der Waals surface area contributed by atoms with Crippen LogP contribution in [0.1, 0.15) is 12.5 Å². The lowest BCUT2D eigenvalue weighted by molar-refractivity contribution is 1.10. The summed E-state index contributed by atoms with van der Waals surface area (Å²) in [4.78, 5) is 7.20. The Labute approximate surface area is 369 Å². The molecule has 298 valence electrons. The quantitative estimate of drug-likeness (QED) is 0.101. The number of anilines is 2. The average molecular weight is 806 g/mol. The molecule has 10 rings (SSSR count). The molecule has 3 nitrogen and oxygen atoms in total. The number of aromatic nitrogens is 2. The van der Waals surface area contributed by atoms with Crippen LogP contribution in [0.2, 0.25) is 0 Å². The summed E-state index contributed by atoms with van der Waals surface area (Å²) in [5.74, 6) is 3.92. The highest BCUT2D eigenvalue weighted by Gasteiger charge is 2.17. The van der Waals surface area contributed by atoms with Crippen LogP contribution in [0.15, 0.2) is 242 Å². The highest BCUT2D eigenvalue weighted by molar-refractivity contribution is 5.97. The lowest BCUT2D eigenvalue weighted by Crippen LogP contribution is -2.15. The summed E-state index contributed by atoms with van der Waals surface area (Å²) in [6.45, 7) is 2.13. The smallest absolute Gasteiger partial charge is 0.145 e. The highest BCUT2D eigenvalue weighted by Crippen LogP contribution is 2.36. The van der Waals surface area contributed by atoms with E-state index in [-0.39, 0.29) is 0 Å². The molecule has 0 amide bonds. The van der Waals surface area contributed by atoms with Gasteiger partial charge in [-0.05, 0) is 105 Å². The number of allylic oxidation sites excluding steroid dienone is 4. The summed E-state index contributed by atoms with van der Waals surface area (Å²) in [6, 6.07) is 78.9. The third-order valence-electron chi connectivity index (χ3n) is 11.7. The van der Waals surface area contributed by atoms with Gasteiger partial charge in [-0.1, -0.05) is 194 Å². The lowest BCUT2D eigenvalue weighted by Gasteiger charge is -2.26. The minimum atomic E-state index is 0.759. The normalized spacial score (nSPS) is 11.7. The standard InChI is InChI=1S/C60H43N3/c1-3-53(62(54-17-6-4-7-18-54)58-24-14-16-51-15-10-11-21-56(51)58)42-25-43(2)44-26-28-45(29-27-44)46-30-32-47(33-31-46)48-34-36-49(37-35-48)50-38-40-52(41-39-50)60-61-57-22-12-13-23-59(57)63(60)55-19-8-5-9-20-55/h1,4-42H,2H3. The number of fused-ring (bicyclic) bond motifs is 2. The lowest BCUT2D eigenvalue weighted by atomic mass is 9.97. The molecule has 0 aliphatic carbocycles. The van der Waals surface area contributed by atoms with Crippen LogP contribution >= 0.6 is 0 Å². The molecule has 0 saturated carbocycles. The third-order valence-corrected chi connectivity index (χ3v) is 11.7. The first-order chi connectivity index (χ1) is 31.1. The molecule has 0 N–H and O–H groups in total. The van der Waals surface area contributed by atoms with E-state index in [9.17, 15) is 0 Å². The van der Waals surface area contributed by atoms with Gasteiger partial charge < -0.3 is 4.90 Å². The van der Waals surface area contributed by atoms with Crippen molar-refractivity contribution in [3.63, 3.8) is 0 Å². The Morgan fingerprint density at radius 1 is 0.492 bits per heavy atom. The van der Waals surface area contributed by atoms with Crippen molar-refractivity contribution in [3.05, 3.63) is 248 Å². The Morgan fingerprint density at radius 2 is 0.984 bits per heavy atom. The fourth-order valence-corrected chi connectivity index (χ4v) is 8.38. The fraction of sp³-hybridized carbons (Fsp3) is 0.0167. The molecule has 1 heterocycles. The maximum absolute atomic E-state index is 6.24. The zero-order valence-corrected chi connectivity index (χ0v) is 34.9. The minimum Gasteiger partial charge on any atom is -0.303 e. The molecule has 0 unspecified atom stereocenters. The first-order valence-electron chi connectivity index (χ1n) is 21.2. The van der Waals surface area contributed by atoms with Gasteiger partial charge in [0.1, 0.15) is 5.82 Å². The van der Waals surface area contributed by atoms with E-state index in [0.717, 1.165) is 61.7 Å². The van der Waals surface area contributed by atoms with Gasteiger partial charge in [0.05, 0.1) is 22.4 Å². The van der Waals surface area contributed by atoms with Gasteiger partial charge in [0, 0.05) is 22.3 Å². The number of nitrogens with zero attached hydrogens (tertiary/aromatic N) is 3. The van der Waals surface area contributed by atoms with Crippen LogP contribution in [0, 0.1) is 12.3 Å². The van der Waals surface area contributed by atoms with Crippen LogP contribution in [0.5, 0.6) is 0 Å². The predicted octanol–water partition coefficient (Wildman–Crippen LogP) is 15.6. The number of hydrogen-bond donors (Lipinski definition) is 0. The maximum atomic E-state index is 6.24. The van der Waals surface area contributed by atoms with Crippen molar-refractivity contribution in [1.29, 1.82) is 0 Å². The summed E-state index contributed by atoms with van der Waals surface area (Å²) in [5, 5.41) is 2.31. The largest absolute Gasteiger partial charge is 0.303 e. The van der Waals surface area contributed by atoms with Crippen LogP contribution in [0.4, 0.5) is 11.4 Å². The Morgan fingerprint density at radius 3 is 1.59 bits per heavy atom. The van der Waals surface area contributed by atoms with Gasteiger partial charge in [-0.3, -0.25) is 4.57 Å². The fourth-order valence-electron chi connectivity index (χ4n) is 8.38. The van der Waals surface area contributed by atoms with Gasteiger partial charge in [-0.25, -0.2) is 4.98 Å². The van der Waals surface area contributed by atoms with Crippen molar-refractivity contribution in [2.24, 2.45) is 0 Å². The SMILES string of the molecule is C#CC(=CC=C(C)c1ccc(-c2ccc(-c3ccc(-c4ccc(-c5nc6ccccc6n5-c5ccccc5)cc4)cc3)cc2)cc1)N(c1ccccc1)c1cccc2ccccc12. The van der Waals surface area contributed by atoms with Gasteiger partial charge in [-0.2, -0.15) is 0 Å². The molecule has 9 aromatic carbocycles. The van der Waals surface area contributed by atoms with Gasteiger partial charge >= 0.3 is 0 Å². The molecule has 0 aliphatic rings. The van der Waals surface area contributed by atoms with E-state index in [1.165, 1.54) is 38.8 Å². The van der Waals surface area contributed by atoms with E-state index in [1.807, 2.05) is 36.4 Å². The summed E-state index contributed by atoms with van der Waals surface area (Å²) in [7, 11) is 0. The molecule has 0 fully saturated rings. The van der Waals surface area contributed by atoms with Crippen molar-refractivity contribution < 1.29 is 0 Å². The maximum Gasteiger partial charge on any atom is 0.145 e. The summed E-state index contributed by atoms with van der Waals surface area (Å²) < 4.78 is 2.24. The van der Waals surface area contributed by atoms with E-state index < -0.39 is 0 Å². The summed E-state index contributed by atoms with van der Waals surface area (Å²) in [5.41, 5.74) is 16.4. The van der Waals surface area contributed by atoms with E-state index in [1.54, 1.807) is 0 Å². The monoisotopic (exact) mass is 805 g/mol. The number of hydrogen-bond acceptors (Lipinski definition) is 2. The second-order valence-electron chi connectivity index (χ2n) is 15.6. The molecule has 3 heteroatoms. The van der Waals surface area contributed by atoms with Crippen molar-refractivity contribution >= 4 is 38.8 Å². The summed E-state index contributed by atoms with van der Waals surface area (Å²) in [6.07, 6.45) is 10.4. The molecule has 0 spiro atoms. The summed E-state index contributed by atoms with van der Waals surface area (Å²) >= 11 is 0. The Bertz CT molecular complexity index is 3290. The third kappa shape index (κ3) is 7.86. The zero-order valence-electron chi connectivity index (χ0n) is 34.9. The molecule has 63 heavy (non-hydrogen) atoms. The number of rotatable bonds is 10. The Hall–Kier alpha value is -8.45. The molecular formula is C60H43N3. The molecule has 0 saturated heterocycles. The molecule has 0 aliphatic heterocycles. The minimum absolute atomic E-state index is 0.759. The van der Waals surface area contributed by atoms with E-state index in [4.69, 9.17) is 11.4 Å². The molecule has 0 bridgehead atoms. The second-order valence-corrected chi connectivity index (χ2v) is 15.6.